The number of Topliss-reactive ketones (excluding diaryl/α,β-unsaturated/α-hetero) is 1. The van der Waals surface area contributed by atoms with E-state index in [2.05, 4.69) is 13.0 Å². The van der Waals surface area contributed by atoms with Crippen LogP contribution in [0.3, 0.4) is 0 Å². The summed E-state index contributed by atoms with van der Waals surface area (Å²) in [6.45, 7) is 7.64. The molecule has 3 aliphatic carbocycles. The van der Waals surface area contributed by atoms with E-state index in [1.165, 1.54) is 6.92 Å². The SMILES string of the molecule is CC[C@H]1CCC[C@H](OC(C)=O)[C@@H](C)C(=O)C2=C[C@H]3[C@@H]4C[C@H](O[C@@H]5OCC(C)[C@H](OC)C(OC)C5OC)C[C@H]4C4CC(=O)OC4[C@H]3[C@@H]2CC(=O)O1. The lowest BCUT2D eigenvalue weighted by molar-refractivity contribution is -0.237. The largest absolute Gasteiger partial charge is 0.462 e. The molecule has 6 aliphatic rings. The van der Waals surface area contributed by atoms with Crippen molar-refractivity contribution < 1.29 is 57.1 Å². The maximum atomic E-state index is 14.4. The molecule has 5 fully saturated rings. The van der Waals surface area contributed by atoms with E-state index in [4.69, 9.17) is 37.9 Å². The highest BCUT2D eigenvalue weighted by molar-refractivity contribution is 5.99. The lowest BCUT2D eigenvalue weighted by atomic mass is 9.60. The van der Waals surface area contributed by atoms with Gasteiger partial charge in [-0.2, -0.15) is 0 Å². The van der Waals surface area contributed by atoms with Crippen molar-refractivity contribution in [1.29, 1.82) is 0 Å². The zero-order chi connectivity index (χ0) is 35.9. The monoisotopic (exact) mass is 704 g/mol. The number of allylic oxidation sites excluding steroid dienone is 2. The first-order valence-electron chi connectivity index (χ1n) is 18.7. The molecular weight excluding hydrogens is 648 g/mol. The third kappa shape index (κ3) is 7.16. The average molecular weight is 705 g/mol. The van der Waals surface area contributed by atoms with Crippen LogP contribution in [-0.4, -0.2) is 101 Å². The summed E-state index contributed by atoms with van der Waals surface area (Å²) in [6.07, 6.45) is 2.89. The van der Waals surface area contributed by atoms with E-state index < -0.39 is 48.5 Å². The Labute approximate surface area is 295 Å². The first-order chi connectivity index (χ1) is 24.0. The van der Waals surface area contributed by atoms with Gasteiger partial charge in [0.05, 0.1) is 37.6 Å². The molecular formula is C38H56O12. The van der Waals surface area contributed by atoms with E-state index in [0.717, 1.165) is 0 Å². The fourth-order valence-electron chi connectivity index (χ4n) is 10.4. The Morgan fingerprint density at radius 3 is 2.26 bits per heavy atom. The van der Waals surface area contributed by atoms with Crippen molar-refractivity contribution in [3.8, 4) is 0 Å². The molecule has 0 radical (unpaired) electrons. The van der Waals surface area contributed by atoms with Gasteiger partial charge in [-0.1, -0.05) is 26.8 Å². The van der Waals surface area contributed by atoms with Crippen LogP contribution in [0.5, 0.6) is 0 Å². The molecule has 0 N–H and O–H groups in total. The Morgan fingerprint density at radius 2 is 1.58 bits per heavy atom. The van der Waals surface area contributed by atoms with Gasteiger partial charge in [-0.25, -0.2) is 0 Å². The van der Waals surface area contributed by atoms with Crippen molar-refractivity contribution in [2.45, 2.75) is 128 Å². The molecule has 12 nitrogen and oxygen atoms in total. The van der Waals surface area contributed by atoms with Gasteiger partial charge < -0.3 is 37.9 Å². The summed E-state index contributed by atoms with van der Waals surface area (Å²) in [4.78, 5) is 53.1. The fourth-order valence-corrected chi connectivity index (χ4v) is 10.4. The minimum atomic E-state index is -0.690. The van der Waals surface area contributed by atoms with Crippen LogP contribution in [0.15, 0.2) is 11.6 Å². The van der Waals surface area contributed by atoms with E-state index in [9.17, 15) is 19.2 Å². The van der Waals surface area contributed by atoms with Crippen LogP contribution >= 0.6 is 0 Å². The number of hydrogen-bond donors (Lipinski definition) is 0. The molecule has 16 atom stereocenters. The number of methoxy groups -OCH3 is 3. The van der Waals surface area contributed by atoms with Gasteiger partial charge in [0.15, 0.2) is 12.1 Å². The van der Waals surface area contributed by atoms with Crippen molar-refractivity contribution in [3.05, 3.63) is 11.6 Å². The molecule has 0 amide bonds. The van der Waals surface area contributed by atoms with Crippen molar-refractivity contribution >= 4 is 23.7 Å². The summed E-state index contributed by atoms with van der Waals surface area (Å²) in [5.41, 5.74) is 0.566. The third-order valence-corrected chi connectivity index (χ3v) is 12.7. The molecule has 2 saturated carbocycles. The van der Waals surface area contributed by atoms with Gasteiger partial charge in [0.25, 0.3) is 0 Å². The summed E-state index contributed by atoms with van der Waals surface area (Å²) in [6, 6.07) is 0. The predicted octanol–water partition coefficient (Wildman–Crippen LogP) is 4.20. The van der Waals surface area contributed by atoms with Gasteiger partial charge in [-0.05, 0) is 61.9 Å². The van der Waals surface area contributed by atoms with E-state index in [1.54, 1.807) is 21.3 Å². The number of ketones is 1. The van der Waals surface area contributed by atoms with E-state index in [0.29, 0.717) is 57.1 Å². The van der Waals surface area contributed by atoms with Crippen molar-refractivity contribution in [2.24, 2.45) is 47.3 Å². The first kappa shape index (κ1) is 37.4. The van der Waals surface area contributed by atoms with E-state index in [-0.39, 0.29) is 78.0 Å². The second-order valence-corrected chi connectivity index (χ2v) is 15.5. The zero-order valence-corrected chi connectivity index (χ0v) is 30.6. The number of fused-ring (bicyclic) bond motifs is 8. The fraction of sp³-hybridized carbons (Fsp3) is 0.842. The van der Waals surface area contributed by atoms with Gasteiger partial charge in [-0.3, -0.25) is 19.2 Å². The lowest BCUT2D eigenvalue weighted by Crippen LogP contribution is -2.48. The molecule has 280 valence electrons. The molecule has 6 rings (SSSR count). The standard InChI is InChI=1S/C38H56O12/c1-8-21-10-9-11-29(47-20(4)39)19(3)33(42)27-14-25-23-12-22(49-38-37(45-7)36(44-6)34(43-5)18(2)17-46-38)13-24(23)28-16-31(41)50-35(28)32(25)26(27)15-30(40)48-21/h14,18-19,21-26,28-29,32,34-38H,8-13,15-17H2,1-7H3/t18?,19-,21+,22+,23-,24-,25+,26-,28?,29+,32-,34+,35?,36?,37?,38+/m1/s1. The molecule has 0 bridgehead atoms. The number of cyclic esters (lactones) is 1. The number of carbonyl (C=O) groups is 4. The number of rotatable bonds is 7. The van der Waals surface area contributed by atoms with E-state index in [1.807, 2.05) is 13.8 Å². The minimum Gasteiger partial charge on any atom is -0.462 e. The van der Waals surface area contributed by atoms with Crippen LogP contribution in [0.1, 0.15) is 79.1 Å². The highest BCUT2D eigenvalue weighted by Crippen LogP contribution is 2.61. The van der Waals surface area contributed by atoms with Crippen LogP contribution in [-0.2, 0) is 57.1 Å². The van der Waals surface area contributed by atoms with Crippen molar-refractivity contribution in [1.82, 2.24) is 0 Å². The normalized spacial score (nSPS) is 45.0. The topological polar surface area (TPSA) is 142 Å². The molecule has 0 spiro atoms. The number of ether oxygens (including phenoxy) is 8. The van der Waals surface area contributed by atoms with Crippen LogP contribution in [0.25, 0.3) is 0 Å². The number of esters is 3. The third-order valence-electron chi connectivity index (χ3n) is 12.7. The van der Waals surface area contributed by atoms with Crippen molar-refractivity contribution in [3.63, 3.8) is 0 Å². The summed E-state index contributed by atoms with van der Waals surface area (Å²) >= 11 is 0. The van der Waals surface area contributed by atoms with E-state index >= 15 is 0 Å². The maximum absolute atomic E-state index is 14.4. The Balaban J connectivity index is 1.31. The highest BCUT2D eigenvalue weighted by atomic mass is 16.7. The predicted molar refractivity (Wildman–Crippen MR) is 177 cm³/mol. The second-order valence-electron chi connectivity index (χ2n) is 15.5. The summed E-state index contributed by atoms with van der Waals surface area (Å²) in [5.74, 6) is -2.36. The number of carbonyl (C=O) groups excluding carboxylic acids is 4. The van der Waals surface area contributed by atoms with Gasteiger partial charge >= 0.3 is 17.9 Å². The first-order valence-corrected chi connectivity index (χ1v) is 18.7. The molecule has 3 heterocycles. The Morgan fingerprint density at radius 1 is 0.880 bits per heavy atom. The Kier molecular flexibility index (Phi) is 11.7. The van der Waals surface area contributed by atoms with Gasteiger partial charge in [0, 0.05) is 51.9 Å². The van der Waals surface area contributed by atoms with Crippen LogP contribution in [0.4, 0.5) is 0 Å². The molecule has 0 aromatic heterocycles. The van der Waals surface area contributed by atoms with Gasteiger partial charge in [-0.15, -0.1) is 0 Å². The Bertz CT molecular complexity index is 1300. The molecule has 3 aliphatic heterocycles. The molecule has 12 heteroatoms. The number of hydrogen-bond acceptors (Lipinski definition) is 12. The quantitative estimate of drug-likeness (QED) is 0.277. The minimum absolute atomic E-state index is 0.0287. The lowest BCUT2D eigenvalue weighted by Gasteiger charge is -2.45. The highest BCUT2D eigenvalue weighted by Gasteiger charge is 2.63. The molecule has 0 aromatic rings. The smallest absolute Gasteiger partial charge is 0.306 e. The van der Waals surface area contributed by atoms with Crippen LogP contribution in [0, 0.1) is 47.3 Å². The molecule has 3 saturated heterocycles. The van der Waals surface area contributed by atoms with Crippen molar-refractivity contribution in [2.75, 3.05) is 27.9 Å². The maximum Gasteiger partial charge on any atom is 0.306 e. The van der Waals surface area contributed by atoms with Crippen LogP contribution < -0.4 is 0 Å². The van der Waals surface area contributed by atoms with Crippen LogP contribution in [0.2, 0.25) is 0 Å². The Hall–Kier alpha value is -2.38. The van der Waals surface area contributed by atoms with Gasteiger partial charge in [0.2, 0.25) is 0 Å². The molecule has 50 heavy (non-hydrogen) atoms. The van der Waals surface area contributed by atoms with Gasteiger partial charge in [0.1, 0.15) is 30.5 Å². The second kappa shape index (κ2) is 15.7. The molecule has 5 unspecified atom stereocenters. The summed E-state index contributed by atoms with van der Waals surface area (Å²) in [5, 5.41) is 0. The summed E-state index contributed by atoms with van der Waals surface area (Å²) < 4.78 is 48.4. The zero-order valence-electron chi connectivity index (χ0n) is 30.6. The average Bonchev–Trinajstić information content (AvgIpc) is 3.76. The summed E-state index contributed by atoms with van der Waals surface area (Å²) in [7, 11) is 4.92. The molecule has 0 aromatic carbocycles.